The first kappa shape index (κ1) is 7.03. The SMILES string of the molecule is NCCCCC1(O)CC1. The van der Waals surface area contributed by atoms with E-state index < -0.39 is 0 Å². The first-order valence-corrected chi connectivity index (χ1v) is 3.69. The molecule has 2 nitrogen and oxygen atoms in total. The van der Waals surface area contributed by atoms with Crippen molar-refractivity contribution in [3.05, 3.63) is 0 Å². The second-order valence-corrected chi connectivity index (χ2v) is 2.97. The van der Waals surface area contributed by atoms with Crippen LogP contribution in [0.5, 0.6) is 0 Å². The summed E-state index contributed by atoms with van der Waals surface area (Å²) < 4.78 is 0. The number of unbranched alkanes of at least 4 members (excludes halogenated alkanes) is 1. The van der Waals surface area contributed by atoms with Crippen LogP contribution in [0.4, 0.5) is 0 Å². The van der Waals surface area contributed by atoms with E-state index in [0.717, 1.165) is 38.6 Å². The summed E-state index contributed by atoms with van der Waals surface area (Å²) in [6, 6.07) is 0. The average molecular weight is 129 g/mol. The van der Waals surface area contributed by atoms with Gasteiger partial charge in [0.2, 0.25) is 0 Å². The van der Waals surface area contributed by atoms with Crippen LogP contribution in [0, 0.1) is 0 Å². The number of hydrogen-bond donors (Lipinski definition) is 2. The van der Waals surface area contributed by atoms with Crippen LogP contribution in [0.15, 0.2) is 0 Å². The lowest BCUT2D eigenvalue weighted by Gasteiger charge is -2.04. The number of rotatable bonds is 4. The van der Waals surface area contributed by atoms with E-state index in [-0.39, 0.29) is 5.60 Å². The maximum atomic E-state index is 9.31. The van der Waals surface area contributed by atoms with E-state index in [1.807, 2.05) is 0 Å². The molecule has 1 saturated carbocycles. The van der Waals surface area contributed by atoms with Crippen molar-refractivity contribution in [3.63, 3.8) is 0 Å². The molecule has 0 aromatic rings. The molecule has 0 heterocycles. The van der Waals surface area contributed by atoms with Crippen molar-refractivity contribution in [2.45, 2.75) is 37.7 Å². The van der Waals surface area contributed by atoms with E-state index in [2.05, 4.69) is 0 Å². The summed E-state index contributed by atoms with van der Waals surface area (Å²) in [5.41, 5.74) is 5.04. The van der Waals surface area contributed by atoms with Crippen LogP contribution < -0.4 is 5.73 Å². The van der Waals surface area contributed by atoms with Crippen molar-refractivity contribution in [3.8, 4) is 0 Å². The van der Waals surface area contributed by atoms with Gasteiger partial charge >= 0.3 is 0 Å². The fraction of sp³-hybridized carbons (Fsp3) is 1.00. The molecular weight excluding hydrogens is 114 g/mol. The van der Waals surface area contributed by atoms with Crippen molar-refractivity contribution in [1.82, 2.24) is 0 Å². The maximum Gasteiger partial charge on any atom is 0.0650 e. The summed E-state index contributed by atoms with van der Waals surface area (Å²) in [5, 5.41) is 9.31. The molecule has 0 aromatic carbocycles. The van der Waals surface area contributed by atoms with Crippen molar-refractivity contribution < 1.29 is 5.11 Å². The lowest BCUT2D eigenvalue weighted by Crippen LogP contribution is -2.07. The number of nitrogens with two attached hydrogens (primary N) is 1. The van der Waals surface area contributed by atoms with Gasteiger partial charge in [-0.1, -0.05) is 0 Å². The molecule has 0 bridgehead atoms. The zero-order chi connectivity index (χ0) is 6.74. The van der Waals surface area contributed by atoms with E-state index in [4.69, 9.17) is 5.73 Å². The highest BCUT2D eigenvalue weighted by Crippen LogP contribution is 2.39. The van der Waals surface area contributed by atoms with Crippen LogP contribution in [0.2, 0.25) is 0 Å². The predicted octanol–water partition coefficient (Wildman–Crippen LogP) is 0.640. The Morgan fingerprint density at radius 3 is 2.44 bits per heavy atom. The molecule has 9 heavy (non-hydrogen) atoms. The van der Waals surface area contributed by atoms with Crippen LogP contribution in [0.3, 0.4) is 0 Å². The van der Waals surface area contributed by atoms with Crippen LogP contribution in [0.1, 0.15) is 32.1 Å². The Morgan fingerprint density at radius 2 is 2.00 bits per heavy atom. The van der Waals surface area contributed by atoms with Crippen LogP contribution >= 0.6 is 0 Å². The molecule has 0 atom stereocenters. The van der Waals surface area contributed by atoms with Crippen molar-refractivity contribution in [1.29, 1.82) is 0 Å². The normalized spacial score (nSPS) is 22.0. The lowest BCUT2D eigenvalue weighted by atomic mass is 10.1. The van der Waals surface area contributed by atoms with E-state index >= 15 is 0 Å². The molecule has 0 amide bonds. The average Bonchev–Trinajstić information content (AvgIpc) is 2.50. The molecule has 54 valence electrons. The summed E-state index contributed by atoms with van der Waals surface area (Å²) in [6.45, 7) is 0.760. The smallest absolute Gasteiger partial charge is 0.0650 e. The predicted molar refractivity (Wildman–Crippen MR) is 37.1 cm³/mol. The summed E-state index contributed by atoms with van der Waals surface area (Å²) in [7, 11) is 0. The molecule has 0 aliphatic heterocycles. The highest BCUT2D eigenvalue weighted by atomic mass is 16.3. The first-order valence-electron chi connectivity index (χ1n) is 3.69. The van der Waals surface area contributed by atoms with Gasteiger partial charge in [0.05, 0.1) is 5.60 Å². The molecule has 1 fully saturated rings. The summed E-state index contributed by atoms with van der Waals surface area (Å²) in [6.07, 6.45) is 5.13. The Kier molecular flexibility index (Phi) is 2.09. The first-order chi connectivity index (χ1) is 4.27. The van der Waals surface area contributed by atoms with E-state index in [9.17, 15) is 5.11 Å². The molecule has 0 radical (unpaired) electrons. The second-order valence-electron chi connectivity index (χ2n) is 2.97. The van der Waals surface area contributed by atoms with E-state index in [1.54, 1.807) is 0 Å². The molecule has 2 heteroatoms. The minimum atomic E-state index is -0.255. The van der Waals surface area contributed by atoms with Gasteiger partial charge in [-0.15, -0.1) is 0 Å². The van der Waals surface area contributed by atoms with Gasteiger partial charge in [-0.3, -0.25) is 0 Å². The van der Waals surface area contributed by atoms with Crippen LogP contribution in [0.25, 0.3) is 0 Å². The van der Waals surface area contributed by atoms with Crippen molar-refractivity contribution in [2.24, 2.45) is 5.73 Å². The van der Waals surface area contributed by atoms with Gasteiger partial charge in [-0.2, -0.15) is 0 Å². The molecule has 3 N–H and O–H groups in total. The second kappa shape index (κ2) is 2.67. The largest absolute Gasteiger partial charge is 0.390 e. The fourth-order valence-electron chi connectivity index (χ4n) is 0.993. The van der Waals surface area contributed by atoms with Gasteiger partial charge in [-0.25, -0.2) is 0 Å². The Morgan fingerprint density at radius 1 is 1.33 bits per heavy atom. The van der Waals surface area contributed by atoms with Gasteiger partial charge in [0.15, 0.2) is 0 Å². The zero-order valence-corrected chi connectivity index (χ0v) is 5.77. The van der Waals surface area contributed by atoms with Gasteiger partial charge in [-0.05, 0) is 38.6 Å². The van der Waals surface area contributed by atoms with E-state index in [0.29, 0.717) is 0 Å². The van der Waals surface area contributed by atoms with E-state index in [1.165, 1.54) is 0 Å². The Labute approximate surface area is 56.1 Å². The third kappa shape index (κ3) is 2.33. The molecule has 0 saturated heterocycles. The third-order valence-corrected chi connectivity index (χ3v) is 1.92. The fourth-order valence-corrected chi connectivity index (χ4v) is 0.993. The van der Waals surface area contributed by atoms with Crippen LogP contribution in [-0.4, -0.2) is 17.3 Å². The Balaban J connectivity index is 1.92. The summed E-state index contributed by atoms with van der Waals surface area (Å²) >= 11 is 0. The van der Waals surface area contributed by atoms with Gasteiger partial charge in [0.25, 0.3) is 0 Å². The van der Waals surface area contributed by atoms with Crippen LogP contribution in [-0.2, 0) is 0 Å². The molecular formula is C7H15NO. The lowest BCUT2D eigenvalue weighted by molar-refractivity contribution is 0.137. The van der Waals surface area contributed by atoms with Gasteiger partial charge in [0.1, 0.15) is 0 Å². The minimum absolute atomic E-state index is 0.255. The van der Waals surface area contributed by atoms with Gasteiger partial charge in [0, 0.05) is 0 Å². The molecule has 1 aliphatic carbocycles. The Bertz CT molecular complexity index is 88.9. The zero-order valence-electron chi connectivity index (χ0n) is 5.77. The molecule has 0 aromatic heterocycles. The molecule has 1 aliphatic rings. The summed E-state index contributed by atoms with van der Waals surface area (Å²) in [4.78, 5) is 0. The Hall–Kier alpha value is -0.0800. The molecule has 0 unspecified atom stereocenters. The van der Waals surface area contributed by atoms with Crippen molar-refractivity contribution in [2.75, 3.05) is 6.54 Å². The van der Waals surface area contributed by atoms with Gasteiger partial charge < -0.3 is 10.8 Å². The number of hydrogen-bond acceptors (Lipinski definition) is 2. The maximum absolute atomic E-state index is 9.31. The monoisotopic (exact) mass is 129 g/mol. The third-order valence-electron chi connectivity index (χ3n) is 1.92. The highest BCUT2D eigenvalue weighted by molar-refractivity contribution is 4.92. The van der Waals surface area contributed by atoms with Crippen molar-refractivity contribution >= 4 is 0 Å². The molecule has 0 spiro atoms. The molecule has 1 rings (SSSR count). The summed E-state index contributed by atoms with van der Waals surface area (Å²) in [5.74, 6) is 0. The number of aliphatic hydroxyl groups is 1. The topological polar surface area (TPSA) is 46.2 Å². The highest BCUT2D eigenvalue weighted by Gasteiger charge is 2.38. The quantitative estimate of drug-likeness (QED) is 0.547. The standard InChI is InChI=1S/C7H15NO/c8-6-2-1-3-7(9)4-5-7/h9H,1-6,8H2. The minimum Gasteiger partial charge on any atom is -0.390 e.